The minimum absolute atomic E-state index is 0.0507. The normalized spacial score (nSPS) is 13.8. The number of hydrogen-bond donors (Lipinski definition) is 2. The van der Waals surface area contributed by atoms with Gasteiger partial charge in [0.1, 0.15) is 34.0 Å². The van der Waals surface area contributed by atoms with Crippen LogP contribution in [0.4, 0.5) is 10.5 Å². The van der Waals surface area contributed by atoms with Crippen LogP contribution in [0.1, 0.15) is 74.7 Å². The maximum absolute atomic E-state index is 13.0. The molecule has 0 bridgehead atoms. The van der Waals surface area contributed by atoms with Crippen molar-refractivity contribution in [1.29, 1.82) is 0 Å². The molecule has 2 aromatic carbocycles. The number of rotatable bonds is 12. The van der Waals surface area contributed by atoms with Crippen molar-refractivity contribution < 1.29 is 24.1 Å². The van der Waals surface area contributed by atoms with Gasteiger partial charge in [-0.3, -0.25) is 8.77 Å². The summed E-state index contributed by atoms with van der Waals surface area (Å²) in [6.45, 7) is 18.0. The van der Waals surface area contributed by atoms with E-state index in [4.69, 9.17) is 14.2 Å². The van der Waals surface area contributed by atoms with E-state index in [0.29, 0.717) is 29.2 Å². The average molecular weight is 879 g/mol. The molecule has 0 unspecified atom stereocenters. The molecule has 0 aliphatic carbocycles. The van der Waals surface area contributed by atoms with Crippen molar-refractivity contribution in [2.24, 2.45) is 18.9 Å². The lowest BCUT2D eigenvalue weighted by atomic mass is 9.87. The average Bonchev–Trinajstić information content (AvgIpc) is 3.53. The van der Waals surface area contributed by atoms with Gasteiger partial charge >= 0.3 is 6.09 Å². The molecule has 0 radical (unpaired) electrons. The number of aliphatic hydroxyl groups excluding tert-OH is 1. The van der Waals surface area contributed by atoms with E-state index in [1.165, 1.54) is 9.12 Å². The number of nitrogens with one attached hydrogen (secondary N) is 1. The summed E-state index contributed by atoms with van der Waals surface area (Å²) in [6.07, 6.45) is 6.35. The molecule has 0 saturated carbocycles. The van der Waals surface area contributed by atoms with Crippen LogP contribution < -0.4 is 19.8 Å². The van der Waals surface area contributed by atoms with Crippen LogP contribution in [0.25, 0.3) is 22.0 Å². The van der Waals surface area contributed by atoms with Crippen molar-refractivity contribution in [3.8, 4) is 28.4 Å². The number of nitrogens with zero attached hydrogens (tertiary/aromatic N) is 3. The van der Waals surface area contributed by atoms with Gasteiger partial charge in [-0.25, -0.2) is 4.79 Å². The van der Waals surface area contributed by atoms with Gasteiger partial charge in [-0.1, -0.05) is 38.8 Å². The molecular weight excluding hydrogens is 824 g/mol. The first-order chi connectivity index (χ1) is 25.1. The Morgan fingerprint density at radius 1 is 1.04 bits per heavy atom. The zero-order valence-electron chi connectivity index (χ0n) is 32.4. The number of pyridine rings is 1. The maximum atomic E-state index is 13.0. The second-order valence-corrected chi connectivity index (χ2v) is 17.9. The Kier molecular flexibility index (Phi) is 15.3. The molecule has 4 aromatic rings. The summed E-state index contributed by atoms with van der Waals surface area (Å²) in [4.78, 5) is 26.6. The van der Waals surface area contributed by atoms with E-state index in [0.717, 1.165) is 65.7 Å². The lowest BCUT2D eigenvalue weighted by Gasteiger charge is -2.34. The van der Waals surface area contributed by atoms with Crippen molar-refractivity contribution in [3.63, 3.8) is 0 Å². The summed E-state index contributed by atoms with van der Waals surface area (Å²) < 4.78 is 24.8. The number of halogens is 1. The molecule has 3 heterocycles. The topological polar surface area (TPSA) is 107 Å². The summed E-state index contributed by atoms with van der Waals surface area (Å²) in [5.41, 5.74) is 2.40. The predicted octanol–water partition coefficient (Wildman–Crippen LogP) is 10.6. The van der Waals surface area contributed by atoms with E-state index in [1.807, 2.05) is 98.3 Å². The van der Waals surface area contributed by atoms with Gasteiger partial charge in [0.15, 0.2) is 0 Å². The monoisotopic (exact) mass is 878 g/mol. The quantitative estimate of drug-likeness (QED) is 0.106. The van der Waals surface area contributed by atoms with Gasteiger partial charge < -0.3 is 33.5 Å². The first-order valence-corrected chi connectivity index (χ1v) is 22.4. The number of hydrogen-bond acceptors (Lipinski definition) is 9. The Bertz CT molecular complexity index is 1880. The molecular formula is C40H55IN4O6S2. The highest BCUT2D eigenvalue weighted by Gasteiger charge is 2.28. The minimum Gasteiger partial charge on any atom is -0.488 e. The number of anilines is 1. The largest absolute Gasteiger partial charge is 0.488 e. The fourth-order valence-corrected chi connectivity index (χ4v) is 7.87. The number of carbonyl (C=O) groups excluding carboxylic acids is 1. The van der Waals surface area contributed by atoms with E-state index in [9.17, 15) is 14.7 Å². The first-order valence-electron chi connectivity index (χ1n) is 18.1. The van der Waals surface area contributed by atoms with Crippen LogP contribution in [-0.2, 0) is 11.8 Å². The molecule has 53 heavy (non-hydrogen) atoms. The summed E-state index contributed by atoms with van der Waals surface area (Å²) in [7, 11) is 3.23. The second-order valence-electron chi connectivity index (χ2n) is 15.1. The molecule has 1 fully saturated rings. The number of ether oxygens (including phenoxy) is 3. The molecule has 290 valence electrons. The number of aryl methyl sites for hydroxylation is 1. The van der Waals surface area contributed by atoms with Gasteiger partial charge in [0.05, 0.1) is 0 Å². The molecule has 13 heteroatoms. The van der Waals surface area contributed by atoms with E-state index in [2.05, 4.69) is 52.8 Å². The molecule has 0 spiro atoms. The smallest absolute Gasteiger partial charge is 0.410 e. The van der Waals surface area contributed by atoms with Crippen LogP contribution in [0.2, 0.25) is 0 Å². The molecule has 5 rings (SSSR count). The van der Waals surface area contributed by atoms with Gasteiger partial charge in [0.2, 0.25) is 0 Å². The summed E-state index contributed by atoms with van der Waals surface area (Å²) in [5.74, 6) is 4.36. The zero-order chi connectivity index (χ0) is 38.9. The molecule has 10 nitrogen and oxygen atoms in total. The standard InChI is InChI=1S/C27H30IN3O4S2.C13H25NO2/c1-5-36-29-18-9-10-24(34-19-7-6-8-20(16-19)35-27(2,3)12-14-32)22(15-18)23-17-30(4)26(33)25-21(23)11-13-31(25)37-28;1-10(2)11-6-8-14(9-7-11)12(15)16-13(3,4)5/h6-11,13,15-17,29,32H,5,12,14H2,1-4H3;10-11H,6-9H2,1-5H3. The zero-order valence-corrected chi connectivity index (χ0v) is 36.2. The van der Waals surface area contributed by atoms with E-state index in [-0.39, 0.29) is 23.9 Å². The van der Waals surface area contributed by atoms with Crippen molar-refractivity contribution >= 4 is 65.0 Å². The third-order valence-corrected chi connectivity index (χ3v) is 11.3. The van der Waals surface area contributed by atoms with E-state index in [1.54, 1.807) is 23.6 Å². The highest BCUT2D eigenvalue weighted by molar-refractivity contribution is 14.2. The number of carbonyl (C=O) groups is 1. The molecule has 2 aromatic heterocycles. The third-order valence-electron chi connectivity index (χ3n) is 8.94. The van der Waals surface area contributed by atoms with Crippen molar-refractivity contribution in [2.45, 2.75) is 85.9 Å². The molecule has 0 atom stereocenters. The van der Waals surface area contributed by atoms with E-state index < -0.39 is 5.60 Å². The number of amides is 1. The number of benzene rings is 2. The molecule has 1 aliphatic heterocycles. The van der Waals surface area contributed by atoms with Gasteiger partial charge in [-0.05, 0) is 95.7 Å². The van der Waals surface area contributed by atoms with Crippen LogP contribution in [0, 0.1) is 11.8 Å². The van der Waals surface area contributed by atoms with Crippen LogP contribution in [-0.4, -0.2) is 61.3 Å². The van der Waals surface area contributed by atoms with Crippen molar-refractivity contribution in [3.05, 3.63) is 71.3 Å². The Balaban J connectivity index is 0.000000328. The molecule has 1 amide bonds. The van der Waals surface area contributed by atoms with Crippen LogP contribution in [0.5, 0.6) is 17.2 Å². The number of fused-ring (bicyclic) bond motifs is 1. The minimum atomic E-state index is -0.507. The van der Waals surface area contributed by atoms with Crippen LogP contribution in [0.15, 0.2) is 65.7 Å². The highest BCUT2D eigenvalue weighted by Crippen LogP contribution is 2.40. The first kappa shape index (κ1) is 42.7. The summed E-state index contributed by atoms with van der Waals surface area (Å²) in [5, 5.41) is 10.2. The molecule has 1 saturated heterocycles. The Morgan fingerprint density at radius 2 is 1.74 bits per heavy atom. The lowest BCUT2D eigenvalue weighted by Crippen LogP contribution is -2.42. The van der Waals surface area contributed by atoms with Crippen molar-refractivity contribution in [2.75, 3.05) is 30.2 Å². The Labute approximate surface area is 335 Å². The number of piperidine rings is 1. The third kappa shape index (κ3) is 12.0. The Morgan fingerprint density at radius 3 is 2.36 bits per heavy atom. The predicted molar refractivity (Wildman–Crippen MR) is 230 cm³/mol. The highest BCUT2D eigenvalue weighted by atomic mass is 127. The van der Waals surface area contributed by atoms with Gasteiger partial charge in [-0.15, -0.1) is 0 Å². The van der Waals surface area contributed by atoms with E-state index >= 15 is 0 Å². The maximum Gasteiger partial charge on any atom is 0.410 e. The van der Waals surface area contributed by atoms with Crippen molar-refractivity contribution in [1.82, 2.24) is 13.4 Å². The number of aromatic nitrogens is 2. The number of aliphatic hydroxyl groups is 1. The van der Waals surface area contributed by atoms with Crippen LogP contribution >= 0.6 is 42.3 Å². The molecule has 2 N–H and O–H groups in total. The summed E-state index contributed by atoms with van der Waals surface area (Å²) >= 11 is 3.79. The molecule has 1 aliphatic rings. The fourth-order valence-electron chi connectivity index (χ4n) is 6.09. The second kappa shape index (κ2) is 19.0. The summed E-state index contributed by atoms with van der Waals surface area (Å²) in [6, 6.07) is 15.4. The lowest BCUT2D eigenvalue weighted by molar-refractivity contribution is 0.0166. The Hall–Kier alpha value is -3.01. The van der Waals surface area contributed by atoms with Gasteiger partial charge in [-0.2, -0.15) is 0 Å². The van der Waals surface area contributed by atoms with Gasteiger partial charge in [0, 0.05) is 110 Å². The van der Waals surface area contributed by atoms with Gasteiger partial charge in [0.25, 0.3) is 5.56 Å². The fraction of sp³-hybridized carbons (Fsp3) is 0.500. The SMILES string of the molecule is CC(C)C1CCN(C(=O)OC(C)(C)C)CC1.CCSNc1ccc(Oc2cccc(OC(C)(C)CCO)c2)c(-c2cn(C)c(=O)c3c2ccn3SI)c1. The van der Waals surface area contributed by atoms with Crippen LogP contribution in [0.3, 0.4) is 0 Å². The number of likely N-dealkylation sites (tertiary alicyclic amines) is 1.